The normalized spacial score (nSPS) is 30.1. The molecule has 2 aliphatic heterocycles. The van der Waals surface area contributed by atoms with Crippen LogP contribution in [0.15, 0.2) is 18.2 Å². The molecule has 1 saturated heterocycles. The highest BCUT2D eigenvalue weighted by Crippen LogP contribution is 2.54. The van der Waals surface area contributed by atoms with Gasteiger partial charge in [0, 0.05) is 12.3 Å². The zero-order valence-corrected chi connectivity index (χ0v) is 10.7. The number of carbonyl (C=O) groups is 4. The van der Waals surface area contributed by atoms with Gasteiger partial charge in [0.05, 0.1) is 11.1 Å². The van der Waals surface area contributed by atoms with Gasteiger partial charge in [-0.2, -0.15) is 0 Å². The van der Waals surface area contributed by atoms with Gasteiger partial charge in [-0.1, -0.05) is 6.07 Å². The van der Waals surface area contributed by atoms with Crippen LogP contribution in [-0.2, 0) is 9.59 Å². The Morgan fingerprint density at radius 3 is 2.62 bits per heavy atom. The molecule has 6 nitrogen and oxygen atoms in total. The van der Waals surface area contributed by atoms with E-state index < -0.39 is 35.0 Å². The van der Waals surface area contributed by atoms with Crippen molar-refractivity contribution >= 4 is 23.6 Å². The zero-order chi connectivity index (χ0) is 14.9. The van der Waals surface area contributed by atoms with Crippen LogP contribution in [-0.4, -0.2) is 34.1 Å². The molecule has 1 aliphatic carbocycles. The summed E-state index contributed by atoms with van der Waals surface area (Å²) in [6.07, 6.45) is 0.333. The summed E-state index contributed by atoms with van der Waals surface area (Å²) in [6.45, 7) is 0. The summed E-state index contributed by atoms with van der Waals surface area (Å²) in [5.74, 6) is -3.71. The first-order chi connectivity index (χ1) is 9.96. The number of hydrogen-bond donors (Lipinski definition) is 1. The standard InChI is InChI=1S/C14H9FN2O4/c15-8-3-1-2-7-10(8)12(20)17(11(7)19)14-5-6(14)4-9(18)16-13(14)21/h1-3,6H,4-5H2,(H,16,18,21). The zero-order valence-electron chi connectivity index (χ0n) is 10.7. The second-order valence-corrected chi connectivity index (χ2v) is 5.51. The number of imide groups is 2. The van der Waals surface area contributed by atoms with Crippen LogP contribution in [0.4, 0.5) is 4.39 Å². The minimum absolute atomic E-state index is 0.0373. The SMILES string of the molecule is O=C1CC2CC2(N2C(=O)c3cccc(F)c3C2=O)C(=O)N1. The maximum Gasteiger partial charge on any atom is 0.265 e. The fourth-order valence-electron chi connectivity index (χ4n) is 3.33. The van der Waals surface area contributed by atoms with Crippen LogP contribution in [0.5, 0.6) is 0 Å². The van der Waals surface area contributed by atoms with E-state index in [4.69, 9.17) is 0 Å². The van der Waals surface area contributed by atoms with Crippen molar-refractivity contribution in [2.75, 3.05) is 0 Å². The molecule has 2 unspecified atom stereocenters. The van der Waals surface area contributed by atoms with Crippen LogP contribution < -0.4 is 5.32 Å². The Labute approximate surface area is 117 Å². The largest absolute Gasteiger partial charge is 0.294 e. The highest BCUT2D eigenvalue weighted by molar-refractivity contribution is 6.25. The van der Waals surface area contributed by atoms with Crippen molar-refractivity contribution in [3.63, 3.8) is 0 Å². The highest BCUT2D eigenvalue weighted by atomic mass is 19.1. The van der Waals surface area contributed by atoms with Gasteiger partial charge in [0.1, 0.15) is 11.4 Å². The number of nitrogens with one attached hydrogen (secondary N) is 1. The van der Waals surface area contributed by atoms with Gasteiger partial charge in [-0.25, -0.2) is 4.39 Å². The number of halogens is 1. The van der Waals surface area contributed by atoms with Gasteiger partial charge in [0.25, 0.3) is 17.7 Å². The average molecular weight is 288 g/mol. The number of rotatable bonds is 1. The maximum atomic E-state index is 13.8. The van der Waals surface area contributed by atoms with E-state index in [1.807, 2.05) is 0 Å². The molecule has 4 amide bonds. The number of amides is 4. The van der Waals surface area contributed by atoms with E-state index >= 15 is 0 Å². The molecule has 7 heteroatoms. The lowest BCUT2D eigenvalue weighted by Crippen LogP contribution is -2.57. The van der Waals surface area contributed by atoms with Gasteiger partial charge in [-0.3, -0.25) is 29.4 Å². The first-order valence-corrected chi connectivity index (χ1v) is 6.48. The van der Waals surface area contributed by atoms with Gasteiger partial charge in [0.2, 0.25) is 5.91 Å². The summed E-state index contributed by atoms with van der Waals surface area (Å²) >= 11 is 0. The molecule has 2 heterocycles. The van der Waals surface area contributed by atoms with E-state index in [-0.39, 0.29) is 29.9 Å². The number of hydrogen-bond acceptors (Lipinski definition) is 4. The Kier molecular flexibility index (Phi) is 2.06. The molecule has 106 valence electrons. The molecule has 1 aromatic carbocycles. The molecule has 1 saturated carbocycles. The summed E-state index contributed by atoms with van der Waals surface area (Å²) in [6, 6.07) is 3.80. The van der Waals surface area contributed by atoms with Gasteiger partial charge in [0.15, 0.2) is 0 Å². The number of carbonyl (C=O) groups excluding carboxylic acids is 4. The van der Waals surface area contributed by atoms with Crippen molar-refractivity contribution in [3.8, 4) is 0 Å². The summed E-state index contributed by atoms with van der Waals surface area (Å²) in [5.41, 5.74) is -1.66. The molecule has 0 bridgehead atoms. The van der Waals surface area contributed by atoms with Crippen molar-refractivity contribution in [1.82, 2.24) is 10.2 Å². The number of piperidine rings is 1. The molecule has 1 N–H and O–H groups in total. The molecule has 0 radical (unpaired) electrons. The van der Waals surface area contributed by atoms with Crippen molar-refractivity contribution in [2.24, 2.45) is 5.92 Å². The van der Waals surface area contributed by atoms with Crippen LogP contribution in [0.25, 0.3) is 0 Å². The van der Waals surface area contributed by atoms with Crippen LogP contribution in [0, 0.1) is 11.7 Å². The molecule has 0 spiro atoms. The topological polar surface area (TPSA) is 83.6 Å². The summed E-state index contributed by atoms with van der Waals surface area (Å²) in [5, 5.41) is 2.15. The molecule has 0 aromatic heterocycles. The van der Waals surface area contributed by atoms with Crippen molar-refractivity contribution in [2.45, 2.75) is 18.4 Å². The fraction of sp³-hybridized carbons (Fsp3) is 0.286. The van der Waals surface area contributed by atoms with Crippen molar-refractivity contribution in [3.05, 3.63) is 35.1 Å². The molecule has 1 aromatic rings. The Morgan fingerprint density at radius 2 is 1.95 bits per heavy atom. The monoisotopic (exact) mass is 288 g/mol. The quantitative estimate of drug-likeness (QED) is 0.750. The third kappa shape index (κ3) is 1.30. The molecule has 21 heavy (non-hydrogen) atoms. The molecule has 4 rings (SSSR count). The lowest BCUT2D eigenvalue weighted by atomic mass is 10.0. The van der Waals surface area contributed by atoms with E-state index in [0.717, 1.165) is 11.0 Å². The van der Waals surface area contributed by atoms with E-state index in [1.54, 1.807) is 0 Å². The number of benzene rings is 1. The molecule has 2 fully saturated rings. The smallest absolute Gasteiger partial charge is 0.265 e. The van der Waals surface area contributed by atoms with E-state index in [2.05, 4.69) is 5.32 Å². The van der Waals surface area contributed by atoms with Gasteiger partial charge in [-0.05, 0) is 18.6 Å². The van der Waals surface area contributed by atoms with Crippen LogP contribution >= 0.6 is 0 Å². The first-order valence-electron chi connectivity index (χ1n) is 6.48. The first kappa shape index (κ1) is 12.2. The highest BCUT2D eigenvalue weighted by Gasteiger charge is 2.71. The van der Waals surface area contributed by atoms with Crippen LogP contribution in [0.3, 0.4) is 0 Å². The van der Waals surface area contributed by atoms with Crippen LogP contribution in [0.2, 0.25) is 0 Å². The lowest BCUT2D eigenvalue weighted by molar-refractivity contribution is -0.137. The summed E-state index contributed by atoms with van der Waals surface area (Å²) in [4.78, 5) is 49.0. The average Bonchev–Trinajstić information content (AvgIpc) is 3.07. The van der Waals surface area contributed by atoms with E-state index in [9.17, 15) is 23.6 Å². The van der Waals surface area contributed by atoms with Gasteiger partial charge in [-0.15, -0.1) is 0 Å². The minimum atomic E-state index is -1.33. The molecule has 3 aliphatic rings. The fourth-order valence-corrected chi connectivity index (χ4v) is 3.33. The molecule has 2 atom stereocenters. The summed E-state index contributed by atoms with van der Waals surface area (Å²) < 4.78 is 13.8. The van der Waals surface area contributed by atoms with Crippen LogP contribution in [0.1, 0.15) is 33.6 Å². The second-order valence-electron chi connectivity index (χ2n) is 5.51. The van der Waals surface area contributed by atoms with Crippen molar-refractivity contribution in [1.29, 1.82) is 0 Å². The Bertz CT molecular complexity index is 759. The Balaban J connectivity index is 1.81. The van der Waals surface area contributed by atoms with Gasteiger partial charge < -0.3 is 0 Å². The predicted octanol–water partition coefficient (Wildman–Crippen LogP) is 0.227. The second kappa shape index (κ2) is 3.55. The third-order valence-corrected chi connectivity index (χ3v) is 4.41. The molecular weight excluding hydrogens is 279 g/mol. The predicted molar refractivity (Wildman–Crippen MR) is 65.5 cm³/mol. The van der Waals surface area contributed by atoms with Gasteiger partial charge >= 0.3 is 0 Å². The maximum absolute atomic E-state index is 13.8. The third-order valence-electron chi connectivity index (χ3n) is 4.41. The Morgan fingerprint density at radius 1 is 1.19 bits per heavy atom. The summed E-state index contributed by atoms with van der Waals surface area (Å²) in [7, 11) is 0. The number of nitrogens with zero attached hydrogens (tertiary/aromatic N) is 1. The van der Waals surface area contributed by atoms with E-state index in [0.29, 0.717) is 0 Å². The minimum Gasteiger partial charge on any atom is -0.294 e. The molecular formula is C14H9FN2O4. The van der Waals surface area contributed by atoms with E-state index in [1.165, 1.54) is 12.1 Å². The number of fused-ring (bicyclic) bond motifs is 2. The lowest BCUT2D eigenvalue weighted by Gasteiger charge is -2.28. The van der Waals surface area contributed by atoms with Crippen molar-refractivity contribution < 1.29 is 23.6 Å². The Hall–Kier alpha value is -2.57.